The number of hydrogen-bond donors (Lipinski definition) is 4. The van der Waals surface area contributed by atoms with Crippen LogP contribution >= 0.6 is 0 Å². The molecule has 0 saturated heterocycles. The van der Waals surface area contributed by atoms with Gasteiger partial charge in [-0.25, -0.2) is 5.43 Å². The van der Waals surface area contributed by atoms with Crippen molar-refractivity contribution in [2.75, 3.05) is 0 Å². The molecule has 94 valence electrons. The van der Waals surface area contributed by atoms with Crippen molar-refractivity contribution in [1.82, 2.24) is 10.8 Å². The molecule has 8 nitrogen and oxygen atoms in total. The van der Waals surface area contributed by atoms with Crippen LogP contribution in [-0.2, 0) is 10.0 Å². The number of hydrazine groups is 1. The van der Waals surface area contributed by atoms with Gasteiger partial charge in [-0.15, -0.1) is 4.40 Å². The van der Waals surface area contributed by atoms with Gasteiger partial charge in [-0.3, -0.25) is 10.4 Å². The van der Waals surface area contributed by atoms with Crippen LogP contribution in [0.2, 0.25) is 0 Å². The first-order valence-electron chi connectivity index (χ1n) is 4.43. The molecule has 0 aliphatic heterocycles. The Kier molecular flexibility index (Phi) is 4.02. The van der Waals surface area contributed by atoms with Crippen LogP contribution in [0.3, 0.4) is 0 Å². The highest BCUT2D eigenvalue weighted by atomic mass is 32.2. The summed E-state index contributed by atoms with van der Waals surface area (Å²) in [6.07, 6.45) is 0. The summed E-state index contributed by atoms with van der Waals surface area (Å²) in [6, 6.07) is 5.96. The molecule has 0 aliphatic rings. The van der Waals surface area contributed by atoms with Crippen LogP contribution in [0.4, 0.5) is 0 Å². The second-order valence-corrected chi connectivity index (χ2v) is 4.77. The van der Waals surface area contributed by atoms with Gasteiger partial charge >= 0.3 is 0 Å². The van der Waals surface area contributed by atoms with E-state index in [1.54, 1.807) is 17.6 Å². The summed E-state index contributed by atoms with van der Waals surface area (Å²) in [5, 5.41) is 16.2. The molecule has 1 rings (SSSR count). The standard InChI is InChI=1S/C8H12N4O4S/c1-6-2-4-7(5-3-6)17(15,16)11-8(9)10-12(13)14/h2-5,13-14H,1H3,(H3,9,10,11). The van der Waals surface area contributed by atoms with Crippen molar-refractivity contribution >= 4 is 16.0 Å². The molecule has 9 heteroatoms. The van der Waals surface area contributed by atoms with Crippen LogP contribution in [0.1, 0.15) is 5.56 Å². The molecule has 0 saturated carbocycles. The normalized spacial score (nSPS) is 12.8. The maximum Gasteiger partial charge on any atom is 0.285 e. The van der Waals surface area contributed by atoms with Gasteiger partial charge in [0.05, 0.1) is 4.90 Å². The van der Waals surface area contributed by atoms with E-state index < -0.39 is 21.3 Å². The molecular weight excluding hydrogens is 248 g/mol. The minimum absolute atomic E-state index is 0.0460. The summed E-state index contributed by atoms with van der Waals surface area (Å²) in [7, 11) is -3.97. The fourth-order valence-corrected chi connectivity index (χ4v) is 1.90. The van der Waals surface area contributed by atoms with E-state index in [1.165, 1.54) is 12.1 Å². The minimum Gasteiger partial charge on any atom is -0.368 e. The van der Waals surface area contributed by atoms with Crippen molar-refractivity contribution in [2.24, 2.45) is 10.1 Å². The highest BCUT2D eigenvalue weighted by Gasteiger charge is 2.13. The predicted octanol–water partition coefficient (Wildman–Crippen LogP) is -0.417. The zero-order valence-corrected chi connectivity index (χ0v) is 9.72. The highest BCUT2D eigenvalue weighted by Crippen LogP contribution is 2.12. The SMILES string of the molecule is Cc1ccc(S(=O)(=O)N=C(N)NN(O)O)cc1. The Balaban J connectivity index is 3.00. The lowest BCUT2D eigenvalue weighted by Gasteiger charge is -2.07. The van der Waals surface area contributed by atoms with Gasteiger partial charge in [0.2, 0.25) is 5.96 Å². The molecule has 1 aromatic rings. The van der Waals surface area contributed by atoms with Gasteiger partial charge in [-0.2, -0.15) is 8.42 Å². The molecule has 0 fully saturated rings. The van der Waals surface area contributed by atoms with Crippen LogP contribution in [0, 0.1) is 6.92 Å². The van der Waals surface area contributed by atoms with Gasteiger partial charge in [0.25, 0.3) is 10.0 Å². The quantitative estimate of drug-likeness (QED) is 0.330. The zero-order chi connectivity index (χ0) is 13.1. The molecule has 1 aromatic carbocycles. The molecule has 5 N–H and O–H groups in total. The highest BCUT2D eigenvalue weighted by molar-refractivity contribution is 7.90. The zero-order valence-electron chi connectivity index (χ0n) is 8.90. The lowest BCUT2D eigenvalue weighted by molar-refractivity contribution is -0.329. The van der Waals surface area contributed by atoms with E-state index in [9.17, 15) is 8.42 Å². The van der Waals surface area contributed by atoms with Crippen molar-refractivity contribution in [3.8, 4) is 0 Å². The van der Waals surface area contributed by atoms with Crippen molar-refractivity contribution in [1.29, 1.82) is 0 Å². The van der Waals surface area contributed by atoms with Crippen molar-refractivity contribution in [3.05, 3.63) is 29.8 Å². The van der Waals surface area contributed by atoms with Crippen molar-refractivity contribution < 1.29 is 18.8 Å². The van der Waals surface area contributed by atoms with Crippen LogP contribution in [0.25, 0.3) is 0 Å². The Labute approximate surface area is 97.9 Å². The molecule has 0 unspecified atom stereocenters. The van der Waals surface area contributed by atoms with E-state index >= 15 is 0 Å². The Morgan fingerprint density at radius 2 is 1.88 bits per heavy atom. The number of guanidine groups is 1. The average Bonchev–Trinajstić information content (AvgIpc) is 2.15. The smallest absolute Gasteiger partial charge is 0.285 e. The number of rotatable bonds is 3. The van der Waals surface area contributed by atoms with E-state index in [0.29, 0.717) is 0 Å². The second-order valence-electron chi connectivity index (χ2n) is 3.17. The summed E-state index contributed by atoms with van der Waals surface area (Å²) < 4.78 is 26.4. The van der Waals surface area contributed by atoms with Crippen LogP contribution < -0.4 is 11.2 Å². The van der Waals surface area contributed by atoms with Gasteiger partial charge in [-0.05, 0) is 19.1 Å². The maximum absolute atomic E-state index is 11.6. The fourth-order valence-electron chi connectivity index (χ4n) is 1.02. The van der Waals surface area contributed by atoms with Gasteiger partial charge in [0, 0.05) is 5.34 Å². The summed E-state index contributed by atoms with van der Waals surface area (Å²) in [5.74, 6) is -0.671. The van der Waals surface area contributed by atoms with E-state index in [2.05, 4.69) is 4.40 Å². The van der Waals surface area contributed by atoms with Crippen LogP contribution in [0.15, 0.2) is 33.6 Å². The van der Waals surface area contributed by atoms with E-state index in [4.69, 9.17) is 16.1 Å². The fraction of sp³-hybridized carbons (Fsp3) is 0.125. The summed E-state index contributed by atoms with van der Waals surface area (Å²) in [5.41, 5.74) is 7.70. The molecular formula is C8H12N4O4S. The predicted molar refractivity (Wildman–Crippen MR) is 58.5 cm³/mol. The lowest BCUT2D eigenvalue weighted by Crippen LogP contribution is -2.42. The van der Waals surface area contributed by atoms with Gasteiger partial charge in [0.15, 0.2) is 0 Å². The van der Waals surface area contributed by atoms with Gasteiger partial charge < -0.3 is 5.73 Å². The van der Waals surface area contributed by atoms with Crippen molar-refractivity contribution in [2.45, 2.75) is 11.8 Å². The van der Waals surface area contributed by atoms with Crippen LogP contribution in [-0.4, -0.2) is 30.1 Å². The molecule has 0 spiro atoms. The molecule has 0 aromatic heterocycles. The summed E-state index contributed by atoms with van der Waals surface area (Å²) in [6.45, 7) is 1.81. The summed E-state index contributed by atoms with van der Waals surface area (Å²) in [4.78, 5) is -0.0460. The molecule has 0 aliphatic carbocycles. The second kappa shape index (κ2) is 5.10. The van der Waals surface area contributed by atoms with Gasteiger partial charge in [-0.1, -0.05) is 17.7 Å². The lowest BCUT2D eigenvalue weighted by atomic mass is 10.2. The third kappa shape index (κ3) is 4.00. The average molecular weight is 260 g/mol. The third-order valence-corrected chi connectivity index (χ3v) is 3.06. The Hall–Kier alpha value is -1.68. The number of hydrogen-bond acceptors (Lipinski definition) is 5. The molecule has 0 amide bonds. The number of aryl methyl sites for hydroxylation is 1. The minimum atomic E-state index is -3.97. The Morgan fingerprint density at radius 3 is 2.35 bits per heavy atom. The third-order valence-electron chi connectivity index (χ3n) is 1.75. The first-order valence-corrected chi connectivity index (χ1v) is 5.87. The van der Waals surface area contributed by atoms with Crippen LogP contribution in [0.5, 0.6) is 0 Å². The molecule has 0 radical (unpaired) electrons. The largest absolute Gasteiger partial charge is 0.368 e. The molecule has 17 heavy (non-hydrogen) atoms. The number of nitrogens with one attached hydrogen (secondary N) is 1. The van der Waals surface area contributed by atoms with Gasteiger partial charge in [0.1, 0.15) is 0 Å². The first kappa shape index (κ1) is 13.4. The first-order chi connectivity index (χ1) is 7.81. The molecule has 0 bridgehead atoms. The van der Waals surface area contributed by atoms with Crippen molar-refractivity contribution in [3.63, 3.8) is 0 Å². The number of sulfonamides is 1. The molecule has 0 atom stereocenters. The summed E-state index contributed by atoms with van der Waals surface area (Å²) >= 11 is 0. The Bertz CT molecular complexity index is 509. The Morgan fingerprint density at radius 1 is 1.35 bits per heavy atom. The monoisotopic (exact) mass is 260 g/mol. The number of nitrogens with zero attached hydrogens (tertiary/aromatic N) is 2. The number of nitrogens with two attached hydrogens (primary N) is 1. The van der Waals surface area contributed by atoms with E-state index in [-0.39, 0.29) is 4.90 Å². The van der Waals surface area contributed by atoms with E-state index in [1.807, 2.05) is 6.92 Å². The maximum atomic E-state index is 11.6. The number of benzene rings is 1. The molecule has 0 heterocycles. The van der Waals surface area contributed by atoms with E-state index in [0.717, 1.165) is 5.56 Å². The topological polar surface area (TPSA) is 128 Å².